The normalized spacial score (nSPS) is 12.2. The smallest absolute Gasteiger partial charge is 0.416 e. The number of amides is 1. The molecule has 112 valence electrons. The maximum Gasteiger partial charge on any atom is 0.416 e. The Balaban J connectivity index is 2.94. The van der Waals surface area contributed by atoms with Crippen molar-refractivity contribution in [1.29, 1.82) is 0 Å². The molecule has 0 fully saturated rings. The molecule has 0 heterocycles. The largest absolute Gasteiger partial charge is 0.444 e. The average molecular weight is 291 g/mol. The lowest BCUT2D eigenvalue weighted by Crippen LogP contribution is -2.27. The predicted octanol–water partition coefficient (Wildman–Crippen LogP) is 3.54. The van der Waals surface area contributed by atoms with Crippen molar-refractivity contribution >= 4 is 11.8 Å². The number of alkyl halides is 3. The summed E-state index contributed by atoms with van der Waals surface area (Å²) in [5.74, 6) is 0. The molecule has 0 aliphatic heterocycles. The Morgan fingerprint density at radius 1 is 1.30 bits per heavy atom. The van der Waals surface area contributed by atoms with Gasteiger partial charge in [0.25, 0.3) is 0 Å². The number of halogens is 3. The summed E-state index contributed by atoms with van der Waals surface area (Å²) in [5.41, 5.74) is -1.58. The number of hydrogen-bond acceptors (Lipinski definition) is 3. The van der Waals surface area contributed by atoms with Crippen LogP contribution >= 0.6 is 0 Å². The van der Waals surface area contributed by atoms with Gasteiger partial charge in [0, 0.05) is 11.3 Å². The van der Waals surface area contributed by atoms with E-state index in [1.165, 1.54) is 0 Å². The van der Waals surface area contributed by atoms with Crippen molar-refractivity contribution < 1.29 is 27.8 Å². The molecule has 2 N–H and O–H groups in total. The molecular weight excluding hydrogens is 275 g/mol. The van der Waals surface area contributed by atoms with Crippen molar-refractivity contribution in [2.75, 3.05) is 5.32 Å². The standard InChI is InChI=1S/C13H16F3NO3/c1-12(2,3)20-11(19)17-10-5-4-9(13(14,15)16)6-8(10)7-18/h4-6,18H,7H2,1-3H3,(H,17,19). The Bertz CT molecular complexity index is 493. The minimum atomic E-state index is -4.51. The molecule has 20 heavy (non-hydrogen) atoms. The third-order valence-electron chi connectivity index (χ3n) is 2.24. The van der Waals surface area contributed by atoms with Crippen LogP contribution in [0.2, 0.25) is 0 Å². The van der Waals surface area contributed by atoms with Crippen molar-refractivity contribution in [3.8, 4) is 0 Å². The number of carbonyl (C=O) groups excluding carboxylic acids is 1. The van der Waals surface area contributed by atoms with E-state index in [-0.39, 0.29) is 11.3 Å². The highest BCUT2D eigenvalue weighted by Crippen LogP contribution is 2.32. The maximum atomic E-state index is 12.5. The molecule has 0 aliphatic rings. The Morgan fingerprint density at radius 2 is 1.90 bits per heavy atom. The van der Waals surface area contributed by atoms with E-state index in [9.17, 15) is 18.0 Å². The van der Waals surface area contributed by atoms with Crippen LogP contribution in [0, 0.1) is 0 Å². The number of benzene rings is 1. The first-order valence-corrected chi connectivity index (χ1v) is 5.84. The number of aliphatic hydroxyl groups excluding tert-OH is 1. The first-order chi connectivity index (χ1) is 9.03. The van der Waals surface area contributed by atoms with Gasteiger partial charge < -0.3 is 9.84 Å². The minimum absolute atomic E-state index is 0.0364. The molecule has 0 bridgehead atoms. The second kappa shape index (κ2) is 5.70. The van der Waals surface area contributed by atoms with Crippen LogP contribution in [0.25, 0.3) is 0 Å². The van der Waals surface area contributed by atoms with Crippen molar-refractivity contribution in [3.63, 3.8) is 0 Å². The van der Waals surface area contributed by atoms with E-state index in [1.54, 1.807) is 20.8 Å². The molecule has 1 aromatic rings. The van der Waals surface area contributed by atoms with Crippen LogP contribution in [0.5, 0.6) is 0 Å². The molecule has 0 aliphatic carbocycles. The fourth-order valence-electron chi connectivity index (χ4n) is 1.44. The second-order valence-corrected chi connectivity index (χ2v) is 5.15. The number of aliphatic hydroxyl groups is 1. The molecule has 0 atom stereocenters. The Hall–Kier alpha value is -1.76. The van der Waals surface area contributed by atoms with Crippen LogP contribution in [-0.4, -0.2) is 16.8 Å². The van der Waals surface area contributed by atoms with Crippen LogP contribution in [0.4, 0.5) is 23.7 Å². The van der Waals surface area contributed by atoms with Gasteiger partial charge in [0.2, 0.25) is 0 Å². The zero-order valence-corrected chi connectivity index (χ0v) is 11.3. The van der Waals surface area contributed by atoms with Gasteiger partial charge in [-0.3, -0.25) is 5.32 Å². The van der Waals surface area contributed by atoms with E-state index in [4.69, 9.17) is 9.84 Å². The number of carbonyl (C=O) groups is 1. The molecular formula is C13H16F3NO3. The highest BCUT2D eigenvalue weighted by Gasteiger charge is 2.31. The van der Waals surface area contributed by atoms with Gasteiger partial charge in [0.15, 0.2) is 0 Å². The lowest BCUT2D eigenvalue weighted by atomic mass is 10.1. The molecule has 0 unspecified atom stereocenters. The highest BCUT2D eigenvalue weighted by atomic mass is 19.4. The van der Waals surface area contributed by atoms with Crippen LogP contribution in [0.3, 0.4) is 0 Å². The Kier molecular flexibility index (Phi) is 4.65. The Morgan fingerprint density at radius 3 is 2.35 bits per heavy atom. The molecule has 0 aromatic heterocycles. The maximum absolute atomic E-state index is 12.5. The van der Waals surface area contributed by atoms with Crippen molar-refractivity contribution in [2.24, 2.45) is 0 Å². The summed E-state index contributed by atoms with van der Waals surface area (Å²) in [6, 6.07) is 2.69. The zero-order chi connectivity index (χ0) is 15.6. The number of ether oxygens (including phenoxy) is 1. The van der Waals surface area contributed by atoms with E-state index in [1.807, 2.05) is 0 Å². The lowest BCUT2D eigenvalue weighted by Gasteiger charge is -2.20. The molecule has 7 heteroatoms. The van der Waals surface area contributed by atoms with Crippen LogP contribution in [0.1, 0.15) is 31.9 Å². The fourth-order valence-corrected chi connectivity index (χ4v) is 1.44. The molecule has 0 radical (unpaired) electrons. The third-order valence-corrected chi connectivity index (χ3v) is 2.24. The molecule has 4 nitrogen and oxygen atoms in total. The first kappa shape index (κ1) is 16.3. The number of hydrogen-bond donors (Lipinski definition) is 2. The molecule has 1 rings (SSSR count). The van der Waals surface area contributed by atoms with Crippen molar-refractivity contribution in [1.82, 2.24) is 0 Å². The minimum Gasteiger partial charge on any atom is -0.444 e. The summed E-state index contributed by atoms with van der Waals surface area (Å²) in [6.45, 7) is 4.35. The molecule has 0 saturated carbocycles. The molecule has 1 amide bonds. The average Bonchev–Trinajstić information content (AvgIpc) is 2.25. The van der Waals surface area contributed by atoms with E-state index in [0.29, 0.717) is 0 Å². The highest BCUT2D eigenvalue weighted by molar-refractivity contribution is 5.86. The third kappa shape index (κ3) is 4.73. The van der Waals surface area contributed by atoms with Crippen molar-refractivity contribution in [3.05, 3.63) is 29.3 Å². The molecule has 0 saturated heterocycles. The number of nitrogens with one attached hydrogen (secondary N) is 1. The fraction of sp³-hybridized carbons (Fsp3) is 0.462. The topological polar surface area (TPSA) is 58.6 Å². The quantitative estimate of drug-likeness (QED) is 0.876. The predicted molar refractivity (Wildman–Crippen MR) is 67.2 cm³/mol. The summed E-state index contributed by atoms with van der Waals surface area (Å²) in [5, 5.41) is 11.4. The van der Waals surface area contributed by atoms with E-state index < -0.39 is 30.0 Å². The summed E-state index contributed by atoms with van der Waals surface area (Å²) in [4.78, 5) is 11.5. The van der Waals surface area contributed by atoms with Crippen LogP contribution in [0.15, 0.2) is 18.2 Å². The van der Waals surface area contributed by atoms with Gasteiger partial charge in [0.1, 0.15) is 5.60 Å². The Labute approximate surface area is 114 Å². The van der Waals surface area contributed by atoms with Gasteiger partial charge in [-0.25, -0.2) is 4.79 Å². The monoisotopic (exact) mass is 291 g/mol. The van der Waals surface area contributed by atoms with Gasteiger partial charge in [0.05, 0.1) is 12.2 Å². The number of rotatable bonds is 2. The van der Waals surface area contributed by atoms with Gasteiger partial charge in [-0.05, 0) is 39.0 Å². The van der Waals surface area contributed by atoms with E-state index in [2.05, 4.69) is 5.32 Å². The van der Waals surface area contributed by atoms with Gasteiger partial charge >= 0.3 is 12.3 Å². The molecule has 1 aromatic carbocycles. The summed E-state index contributed by atoms with van der Waals surface area (Å²) in [7, 11) is 0. The van der Waals surface area contributed by atoms with E-state index in [0.717, 1.165) is 18.2 Å². The summed E-state index contributed by atoms with van der Waals surface area (Å²) < 4.78 is 42.6. The molecule has 0 spiro atoms. The lowest BCUT2D eigenvalue weighted by molar-refractivity contribution is -0.137. The van der Waals surface area contributed by atoms with Gasteiger partial charge in [-0.2, -0.15) is 13.2 Å². The number of anilines is 1. The summed E-state index contributed by atoms with van der Waals surface area (Å²) >= 11 is 0. The second-order valence-electron chi connectivity index (χ2n) is 5.15. The van der Waals surface area contributed by atoms with Crippen molar-refractivity contribution in [2.45, 2.75) is 39.2 Å². The zero-order valence-electron chi connectivity index (χ0n) is 11.3. The van der Waals surface area contributed by atoms with Crippen LogP contribution < -0.4 is 5.32 Å². The first-order valence-electron chi connectivity index (χ1n) is 5.84. The summed E-state index contributed by atoms with van der Waals surface area (Å²) in [6.07, 6.45) is -5.30. The van der Waals surface area contributed by atoms with E-state index >= 15 is 0 Å². The van der Waals surface area contributed by atoms with Gasteiger partial charge in [-0.15, -0.1) is 0 Å². The van der Waals surface area contributed by atoms with Crippen LogP contribution in [-0.2, 0) is 17.5 Å². The van der Waals surface area contributed by atoms with Gasteiger partial charge in [-0.1, -0.05) is 0 Å². The SMILES string of the molecule is CC(C)(C)OC(=O)Nc1ccc(C(F)(F)F)cc1CO.